The van der Waals surface area contributed by atoms with Crippen LogP contribution in [-0.2, 0) is 4.79 Å². The van der Waals surface area contributed by atoms with Gasteiger partial charge in [0.2, 0.25) is 5.91 Å². The van der Waals surface area contributed by atoms with E-state index in [0.29, 0.717) is 31.9 Å². The van der Waals surface area contributed by atoms with Gasteiger partial charge < -0.3 is 20.0 Å². The molecule has 2 aromatic rings. The number of benzene rings is 1. The fraction of sp³-hybridized carbons (Fsp3) is 0.500. The average Bonchev–Trinajstić information content (AvgIpc) is 3.09. The highest BCUT2D eigenvalue weighted by Crippen LogP contribution is 2.20. The van der Waals surface area contributed by atoms with Crippen LogP contribution in [0.5, 0.6) is 0 Å². The lowest BCUT2D eigenvalue weighted by Crippen LogP contribution is -2.50. The Morgan fingerprint density at radius 1 is 1.06 bits per heavy atom. The van der Waals surface area contributed by atoms with Gasteiger partial charge in [0.25, 0.3) is 0 Å². The first-order valence-corrected chi connectivity index (χ1v) is 11.6. The number of anilines is 1. The van der Waals surface area contributed by atoms with Gasteiger partial charge in [0.15, 0.2) is 5.82 Å². The molecule has 8 nitrogen and oxygen atoms in total. The lowest BCUT2D eigenvalue weighted by molar-refractivity contribution is -0.132. The number of nitrogens with one attached hydrogen (secondary N) is 1. The maximum absolute atomic E-state index is 13.1. The molecule has 1 unspecified atom stereocenters. The fourth-order valence-corrected chi connectivity index (χ4v) is 3.81. The Balaban J connectivity index is 1.60. The van der Waals surface area contributed by atoms with Crippen LogP contribution in [0.3, 0.4) is 0 Å². The van der Waals surface area contributed by atoms with Crippen molar-refractivity contribution in [3.8, 4) is 11.3 Å². The minimum atomic E-state index is -0.287. The predicted molar refractivity (Wildman–Crippen MR) is 126 cm³/mol. The van der Waals surface area contributed by atoms with Crippen molar-refractivity contribution in [3.05, 3.63) is 42.2 Å². The minimum absolute atomic E-state index is 0.0149. The number of halogens is 1. The van der Waals surface area contributed by atoms with Gasteiger partial charge in [-0.3, -0.25) is 4.79 Å². The van der Waals surface area contributed by atoms with E-state index in [9.17, 15) is 14.0 Å². The normalized spacial score (nSPS) is 15.0. The van der Waals surface area contributed by atoms with Gasteiger partial charge in [0.05, 0.1) is 5.69 Å². The number of urea groups is 1. The standard InChI is InChI=1S/C24H33FN6O2/c1-4-18(3)31(24(33)26-5-2)17-23(32)30-14-6-13-29(15-16-30)22-12-11-21(27-28-22)19-7-9-20(25)10-8-19/h7-12,18H,4-6,13-17H2,1-3H3,(H,26,33). The van der Waals surface area contributed by atoms with E-state index in [1.807, 2.05) is 37.8 Å². The second-order valence-electron chi connectivity index (χ2n) is 8.23. The Labute approximate surface area is 194 Å². The molecule has 1 saturated heterocycles. The molecule has 0 saturated carbocycles. The summed E-state index contributed by atoms with van der Waals surface area (Å²) in [7, 11) is 0. The van der Waals surface area contributed by atoms with Crippen molar-refractivity contribution >= 4 is 17.8 Å². The zero-order valence-electron chi connectivity index (χ0n) is 19.6. The van der Waals surface area contributed by atoms with Crippen molar-refractivity contribution in [1.82, 2.24) is 25.3 Å². The van der Waals surface area contributed by atoms with E-state index in [0.717, 1.165) is 30.8 Å². The summed E-state index contributed by atoms with van der Waals surface area (Å²) in [6.07, 6.45) is 1.59. The highest BCUT2D eigenvalue weighted by molar-refractivity contribution is 5.84. The van der Waals surface area contributed by atoms with Crippen molar-refractivity contribution in [2.75, 3.05) is 44.2 Å². The number of aromatic nitrogens is 2. The quantitative estimate of drug-likeness (QED) is 0.692. The SMILES string of the molecule is CCNC(=O)N(CC(=O)N1CCCN(c2ccc(-c3ccc(F)cc3)nn2)CC1)C(C)CC. The smallest absolute Gasteiger partial charge is 0.318 e. The molecule has 0 aliphatic carbocycles. The summed E-state index contributed by atoms with van der Waals surface area (Å²) in [4.78, 5) is 31.0. The summed E-state index contributed by atoms with van der Waals surface area (Å²) in [5.74, 6) is 0.421. The molecule has 0 radical (unpaired) electrons. The first-order valence-electron chi connectivity index (χ1n) is 11.6. The molecule has 3 rings (SSSR count). The van der Waals surface area contributed by atoms with Gasteiger partial charge >= 0.3 is 6.03 Å². The summed E-state index contributed by atoms with van der Waals surface area (Å²) in [6, 6.07) is 9.73. The molecule has 1 N–H and O–H groups in total. The second-order valence-corrected chi connectivity index (χ2v) is 8.23. The number of nitrogens with zero attached hydrogens (tertiary/aromatic N) is 5. The van der Waals surface area contributed by atoms with Crippen LogP contribution in [-0.4, -0.2) is 77.2 Å². The van der Waals surface area contributed by atoms with Gasteiger partial charge in [-0.2, -0.15) is 0 Å². The van der Waals surface area contributed by atoms with Crippen LogP contribution >= 0.6 is 0 Å². The number of carbonyl (C=O) groups excluding carboxylic acids is 2. The van der Waals surface area contributed by atoms with Crippen LogP contribution in [0.25, 0.3) is 11.3 Å². The third kappa shape index (κ3) is 6.40. The summed E-state index contributed by atoms with van der Waals surface area (Å²) < 4.78 is 13.1. The van der Waals surface area contributed by atoms with E-state index in [4.69, 9.17) is 0 Å². The molecule has 178 valence electrons. The maximum Gasteiger partial charge on any atom is 0.318 e. The first kappa shape index (κ1) is 24.4. The summed E-state index contributed by atoms with van der Waals surface area (Å²) >= 11 is 0. The molecule has 0 spiro atoms. The Bertz CT molecular complexity index is 922. The van der Waals surface area contributed by atoms with Crippen molar-refractivity contribution in [2.45, 2.75) is 39.7 Å². The monoisotopic (exact) mass is 456 g/mol. The van der Waals surface area contributed by atoms with Gasteiger partial charge in [-0.15, -0.1) is 10.2 Å². The Morgan fingerprint density at radius 2 is 1.82 bits per heavy atom. The Morgan fingerprint density at radius 3 is 2.45 bits per heavy atom. The molecule has 1 atom stereocenters. The highest BCUT2D eigenvalue weighted by Gasteiger charge is 2.26. The lowest BCUT2D eigenvalue weighted by atomic mass is 10.1. The van der Waals surface area contributed by atoms with Gasteiger partial charge in [-0.1, -0.05) is 6.92 Å². The lowest BCUT2D eigenvalue weighted by Gasteiger charge is -2.30. The molecule has 1 aliphatic rings. The molecular weight excluding hydrogens is 423 g/mol. The van der Waals surface area contributed by atoms with E-state index < -0.39 is 0 Å². The maximum atomic E-state index is 13.1. The Kier molecular flexibility index (Phi) is 8.57. The molecule has 9 heteroatoms. The van der Waals surface area contributed by atoms with Gasteiger partial charge in [0.1, 0.15) is 12.4 Å². The van der Waals surface area contributed by atoms with E-state index in [1.165, 1.54) is 12.1 Å². The van der Waals surface area contributed by atoms with Crippen LogP contribution in [0.4, 0.5) is 15.0 Å². The van der Waals surface area contributed by atoms with Crippen LogP contribution in [0.15, 0.2) is 36.4 Å². The van der Waals surface area contributed by atoms with Crippen molar-refractivity contribution < 1.29 is 14.0 Å². The summed E-state index contributed by atoms with van der Waals surface area (Å²) in [6.45, 7) is 9.04. The van der Waals surface area contributed by atoms with Crippen LogP contribution in [0, 0.1) is 5.82 Å². The summed E-state index contributed by atoms with van der Waals surface area (Å²) in [5.41, 5.74) is 1.49. The molecule has 1 fully saturated rings. The molecule has 1 aliphatic heterocycles. The van der Waals surface area contributed by atoms with E-state index in [-0.39, 0.29) is 30.3 Å². The van der Waals surface area contributed by atoms with E-state index in [1.54, 1.807) is 17.0 Å². The minimum Gasteiger partial charge on any atom is -0.353 e. The molecular formula is C24H33FN6O2. The average molecular weight is 457 g/mol. The molecule has 1 aromatic heterocycles. The molecule has 1 aromatic carbocycles. The molecule has 0 bridgehead atoms. The number of hydrogen-bond acceptors (Lipinski definition) is 5. The van der Waals surface area contributed by atoms with Gasteiger partial charge in [-0.05, 0) is 63.1 Å². The predicted octanol–water partition coefficient (Wildman–Crippen LogP) is 3.15. The third-order valence-corrected chi connectivity index (χ3v) is 5.98. The number of carbonyl (C=O) groups is 2. The van der Waals surface area contributed by atoms with Crippen molar-refractivity contribution in [2.24, 2.45) is 0 Å². The Hall–Kier alpha value is -3.23. The van der Waals surface area contributed by atoms with Crippen molar-refractivity contribution in [1.29, 1.82) is 0 Å². The zero-order chi connectivity index (χ0) is 23.8. The van der Waals surface area contributed by atoms with E-state index >= 15 is 0 Å². The second kappa shape index (κ2) is 11.6. The first-order chi connectivity index (χ1) is 15.9. The number of hydrogen-bond donors (Lipinski definition) is 1. The van der Waals surface area contributed by atoms with Crippen LogP contribution < -0.4 is 10.2 Å². The van der Waals surface area contributed by atoms with Crippen LogP contribution in [0.1, 0.15) is 33.6 Å². The number of rotatable bonds is 7. The fourth-order valence-electron chi connectivity index (χ4n) is 3.81. The highest BCUT2D eigenvalue weighted by atomic mass is 19.1. The molecule has 33 heavy (non-hydrogen) atoms. The van der Waals surface area contributed by atoms with Crippen molar-refractivity contribution in [3.63, 3.8) is 0 Å². The number of amides is 3. The molecule has 3 amide bonds. The van der Waals surface area contributed by atoms with E-state index in [2.05, 4.69) is 20.4 Å². The third-order valence-electron chi connectivity index (χ3n) is 5.98. The largest absolute Gasteiger partial charge is 0.353 e. The van der Waals surface area contributed by atoms with Gasteiger partial charge in [-0.25, -0.2) is 9.18 Å². The molecule has 2 heterocycles. The summed E-state index contributed by atoms with van der Waals surface area (Å²) in [5, 5.41) is 11.5. The van der Waals surface area contributed by atoms with Crippen LogP contribution in [0.2, 0.25) is 0 Å². The topological polar surface area (TPSA) is 81.7 Å². The zero-order valence-corrected chi connectivity index (χ0v) is 19.6. The van der Waals surface area contributed by atoms with Gasteiger partial charge in [0, 0.05) is 44.3 Å².